The Morgan fingerprint density at radius 1 is 1.37 bits per heavy atom. The Morgan fingerprint density at radius 3 is 2.74 bits per heavy atom. The predicted octanol–water partition coefficient (Wildman–Crippen LogP) is 1.16. The van der Waals surface area contributed by atoms with E-state index in [0.29, 0.717) is 12.2 Å². The van der Waals surface area contributed by atoms with Crippen LogP contribution in [0.4, 0.5) is 0 Å². The van der Waals surface area contributed by atoms with Crippen LogP contribution in [0.1, 0.15) is 18.4 Å². The van der Waals surface area contributed by atoms with Gasteiger partial charge in [0, 0.05) is 18.5 Å². The lowest BCUT2D eigenvalue weighted by Gasteiger charge is -2.07. The van der Waals surface area contributed by atoms with Gasteiger partial charge in [-0.25, -0.2) is 0 Å². The van der Waals surface area contributed by atoms with Gasteiger partial charge in [-0.05, 0) is 37.2 Å². The number of terminal acetylenes is 1. The molecule has 0 saturated carbocycles. The van der Waals surface area contributed by atoms with Crippen LogP contribution in [0.3, 0.4) is 0 Å². The van der Waals surface area contributed by atoms with Crippen molar-refractivity contribution in [1.29, 1.82) is 0 Å². The molecule has 0 fully saturated rings. The van der Waals surface area contributed by atoms with Gasteiger partial charge in [-0.2, -0.15) is 0 Å². The zero-order valence-electron chi connectivity index (χ0n) is 10.8. The Labute approximate surface area is 113 Å². The number of rotatable bonds is 8. The number of amidine groups is 1. The van der Waals surface area contributed by atoms with E-state index in [9.17, 15) is 0 Å². The summed E-state index contributed by atoms with van der Waals surface area (Å²) in [6.07, 6.45) is 6.93. The molecule has 0 aliphatic carbocycles. The van der Waals surface area contributed by atoms with Gasteiger partial charge in [0.05, 0.1) is 0 Å². The second-order valence-corrected chi connectivity index (χ2v) is 3.92. The number of hydrogen-bond donors (Lipinski definition) is 3. The van der Waals surface area contributed by atoms with Gasteiger partial charge in [0.25, 0.3) is 0 Å². The lowest BCUT2D eigenvalue weighted by atomic mass is 10.2. The van der Waals surface area contributed by atoms with Crippen molar-refractivity contribution >= 4 is 5.84 Å². The Bertz CT molecular complexity index is 435. The van der Waals surface area contributed by atoms with Crippen molar-refractivity contribution in [3.8, 4) is 18.1 Å². The van der Waals surface area contributed by atoms with Gasteiger partial charge >= 0.3 is 0 Å². The maximum Gasteiger partial charge on any atom is 0.170 e. The Kier molecular flexibility index (Phi) is 6.92. The molecule has 0 aromatic heterocycles. The van der Waals surface area contributed by atoms with Crippen LogP contribution in [0, 0.1) is 12.3 Å². The molecular formula is C14H19N3O2. The number of nitrogens with zero attached hydrogens (tertiary/aromatic N) is 1. The van der Waals surface area contributed by atoms with Crippen molar-refractivity contribution in [3.63, 3.8) is 0 Å². The molecule has 0 heterocycles. The van der Waals surface area contributed by atoms with Crippen LogP contribution in [-0.4, -0.2) is 30.7 Å². The zero-order chi connectivity index (χ0) is 13.9. The topological polar surface area (TPSA) is 79.9 Å². The third-order valence-electron chi connectivity index (χ3n) is 2.48. The molecule has 5 heteroatoms. The molecule has 0 unspecified atom stereocenters. The lowest BCUT2D eigenvalue weighted by molar-refractivity contribution is 0.313. The smallest absolute Gasteiger partial charge is 0.170 e. The highest BCUT2D eigenvalue weighted by Crippen LogP contribution is 2.11. The number of nitrogens with one attached hydrogen (secondary N) is 1. The first-order valence-electron chi connectivity index (χ1n) is 6.13. The van der Waals surface area contributed by atoms with Crippen LogP contribution in [0.15, 0.2) is 29.4 Å². The molecular weight excluding hydrogens is 242 g/mol. The first-order chi connectivity index (χ1) is 9.27. The molecule has 0 aliphatic heterocycles. The monoisotopic (exact) mass is 261 g/mol. The molecule has 0 atom stereocenters. The average Bonchev–Trinajstić information content (AvgIpc) is 2.46. The number of ether oxygens (including phenoxy) is 1. The van der Waals surface area contributed by atoms with Crippen molar-refractivity contribution in [2.45, 2.75) is 12.8 Å². The SMILES string of the molecule is C#CCCCNCCOc1ccc(/C(N)=N\O)cc1. The zero-order valence-corrected chi connectivity index (χ0v) is 10.8. The molecule has 1 aromatic rings. The van der Waals surface area contributed by atoms with Gasteiger partial charge in [0.2, 0.25) is 0 Å². The van der Waals surface area contributed by atoms with E-state index in [1.165, 1.54) is 0 Å². The highest BCUT2D eigenvalue weighted by Gasteiger charge is 1.99. The van der Waals surface area contributed by atoms with E-state index in [2.05, 4.69) is 16.4 Å². The molecule has 0 aliphatic rings. The summed E-state index contributed by atoms with van der Waals surface area (Å²) in [6, 6.07) is 7.05. The number of oxime groups is 1. The molecule has 4 N–H and O–H groups in total. The van der Waals surface area contributed by atoms with E-state index >= 15 is 0 Å². The summed E-state index contributed by atoms with van der Waals surface area (Å²) in [5.41, 5.74) is 6.11. The Hall–Kier alpha value is -2.19. The second kappa shape index (κ2) is 8.84. The summed E-state index contributed by atoms with van der Waals surface area (Å²) in [5.74, 6) is 3.43. The summed E-state index contributed by atoms with van der Waals surface area (Å²) in [4.78, 5) is 0. The summed E-state index contributed by atoms with van der Waals surface area (Å²) >= 11 is 0. The van der Waals surface area contributed by atoms with Crippen LogP contribution in [0.2, 0.25) is 0 Å². The summed E-state index contributed by atoms with van der Waals surface area (Å²) in [5, 5.41) is 14.7. The highest BCUT2D eigenvalue weighted by molar-refractivity contribution is 5.97. The fraction of sp³-hybridized carbons (Fsp3) is 0.357. The highest BCUT2D eigenvalue weighted by atomic mass is 16.5. The molecule has 1 aromatic carbocycles. The fourth-order valence-corrected chi connectivity index (χ4v) is 1.46. The molecule has 19 heavy (non-hydrogen) atoms. The normalized spacial score (nSPS) is 11.0. The van der Waals surface area contributed by atoms with Crippen LogP contribution in [0.25, 0.3) is 0 Å². The van der Waals surface area contributed by atoms with Gasteiger partial charge in [0.1, 0.15) is 12.4 Å². The van der Waals surface area contributed by atoms with Gasteiger partial charge in [-0.3, -0.25) is 0 Å². The number of nitrogens with two attached hydrogens (primary N) is 1. The van der Waals surface area contributed by atoms with Crippen molar-refractivity contribution in [3.05, 3.63) is 29.8 Å². The molecule has 0 amide bonds. The van der Waals surface area contributed by atoms with Crippen LogP contribution < -0.4 is 15.8 Å². The maximum atomic E-state index is 8.53. The Balaban J connectivity index is 2.22. The lowest BCUT2D eigenvalue weighted by Crippen LogP contribution is -2.22. The minimum Gasteiger partial charge on any atom is -0.492 e. The number of unbranched alkanes of at least 4 members (excludes halogenated alkanes) is 1. The third-order valence-corrected chi connectivity index (χ3v) is 2.48. The van der Waals surface area contributed by atoms with Gasteiger partial charge in [-0.1, -0.05) is 5.16 Å². The molecule has 0 spiro atoms. The number of benzene rings is 1. The number of hydrogen-bond acceptors (Lipinski definition) is 4. The third kappa shape index (κ3) is 5.80. The predicted molar refractivity (Wildman–Crippen MR) is 75.4 cm³/mol. The molecule has 1 rings (SSSR count). The van der Waals surface area contributed by atoms with Gasteiger partial charge in [-0.15, -0.1) is 12.3 Å². The quantitative estimate of drug-likeness (QED) is 0.164. The fourth-order valence-electron chi connectivity index (χ4n) is 1.46. The molecule has 0 saturated heterocycles. The molecule has 5 nitrogen and oxygen atoms in total. The van der Waals surface area contributed by atoms with Crippen LogP contribution in [0.5, 0.6) is 5.75 Å². The second-order valence-electron chi connectivity index (χ2n) is 3.92. The Morgan fingerprint density at radius 2 is 2.11 bits per heavy atom. The molecule has 0 bridgehead atoms. The standard InChI is InChI=1S/C14H19N3O2/c1-2-3-4-9-16-10-11-19-13-7-5-12(6-8-13)14(15)17-18/h1,5-8,16,18H,3-4,9-11H2,(H2,15,17). The summed E-state index contributed by atoms with van der Waals surface area (Å²) in [6.45, 7) is 2.25. The van der Waals surface area contributed by atoms with E-state index in [1.54, 1.807) is 24.3 Å². The van der Waals surface area contributed by atoms with Crippen LogP contribution in [-0.2, 0) is 0 Å². The largest absolute Gasteiger partial charge is 0.492 e. The maximum absolute atomic E-state index is 8.53. The summed E-state index contributed by atoms with van der Waals surface area (Å²) < 4.78 is 5.53. The van der Waals surface area contributed by atoms with E-state index < -0.39 is 0 Å². The van der Waals surface area contributed by atoms with E-state index in [4.69, 9.17) is 22.1 Å². The van der Waals surface area contributed by atoms with Crippen molar-refractivity contribution in [1.82, 2.24) is 5.32 Å². The first kappa shape index (κ1) is 14.9. The molecule has 0 radical (unpaired) electrons. The van der Waals surface area contributed by atoms with Crippen molar-refractivity contribution in [2.75, 3.05) is 19.7 Å². The van der Waals surface area contributed by atoms with Gasteiger partial charge < -0.3 is 21.0 Å². The van der Waals surface area contributed by atoms with E-state index in [0.717, 1.165) is 31.7 Å². The van der Waals surface area contributed by atoms with E-state index in [1.807, 2.05) is 0 Å². The van der Waals surface area contributed by atoms with Crippen LogP contribution >= 0.6 is 0 Å². The summed E-state index contributed by atoms with van der Waals surface area (Å²) in [7, 11) is 0. The van der Waals surface area contributed by atoms with Gasteiger partial charge in [0.15, 0.2) is 5.84 Å². The average molecular weight is 261 g/mol. The minimum absolute atomic E-state index is 0.0849. The molecule has 102 valence electrons. The first-order valence-corrected chi connectivity index (χ1v) is 6.13. The van der Waals surface area contributed by atoms with E-state index in [-0.39, 0.29) is 5.84 Å². The minimum atomic E-state index is 0.0849. The van der Waals surface area contributed by atoms with Crippen molar-refractivity contribution < 1.29 is 9.94 Å². The van der Waals surface area contributed by atoms with Crippen molar-refractivity contribution in [2.24, 2.45) is 10.9 Å².